The van der Waals surface area contributed by atoms with E-state index in [9.17, 15) is 0 Å². The molecule has 112 valence electrons. The predicted molar refractivity (Wildman–Crippen MR) is 83.7 cm³/mol. The number of nitrogens with one attached hydrogen (secondary N) is 1. The molecule has 0 unspecified atom stereocenters. The molecule has 1 aliphatic rings. The number of aromatic nitrogens is 4. The first kappa shape index (κ1) is 14.8. The van der Waals surface area contributed by atoms with Gasteiger partial charge >= 0.3 is 0 Å². The van der Waals surface area contributed by atoms with Crippen LogP contribution in [0.15, 0.2) is 28.3 Å². The fourth-order valence-electron chi connectivity index (χ4n) is 2.07. The van der Waals surface area contributed by atoms with Gasteiger partial charge in [0.2, 0.25) is 5.16 Å². The molecule has 3 rings (SSSR count). The Hall–Kier alpha value is -1.11. The van der Waals surface area contributed by atoms with E-state index in [1.165, 1.54) is 18.4 Å². The first-order valence-corrected chi connectivity index (χ1v) is 8.42. The van der Waals surface area contributed by atoms with Crippen molar-refractivity contribution in [1.82, 2.24) is 25.5 Å². The Kier molecular flexibility index (Phi) is 4.77. The van der Waals surface area contributed by atoms with Crippen molar-refractivity contribution < 1.29 is 0 Å². The largest absolute Gasteiger partial charge is 0.313 e. The first-order valence-electron chi connectivity index (χ1n) is 7.22. The van der Waals surface area contributed by atoms with Crippen molar-refractivity contribution in [3.63, 3.8) is 0 Å². The van der Waals surface area contributed by atoms with Crippen molar-refractivity contribution in [2.75, 3.05) is 6.54 Å². The molecule has 1 fully saturated rings. The zero-order valence-corrected chi connectivity index (χ0v) is 13.5. The first-order chi connectivity index (χ1) is 10.3. The van der Waals surface area contributed by atoms with Gasteiger partial charge in [0.15, 0.2) is 0 Å². The summed E-state index contributed by atoms with van der Waals surface area (Å²) in [6, 6.07) is 6.46. The van der Waals surface area contributed by atoms with E-state index in [0.717, 1.165) is 34.6 Å². The van der Waals surface area contributed by atoms with Crippen molar-refractivity contribution >= 4 is 23.4 Å². The fourth-order valence-corrected chi connectivity index (χ4v) is 3.32. The quantitative estimate of drug-likeness (QED) is 0.792. The highest BCUT2D eigenvalue weighted by Crippen LogP contribution is 2.39. The average molecular weight is 324 g/mol. The van der Waals surface area contributed by atoms with Crippen LogP contribution in [0.2, 0.25) is 5.02 Å². The molecule has 0 saturated heterocycles. The number of halogens is 1. The summed E-state index contributed by atoms with van der Waals surface area (Å²) in [7, 11) is 0. The Morgan fingerprint density at radius 3 is 3.05 bits per heavy atom. The Morgan fingerprint density at radius 1 is 1.43 bits per heavy atom. The summed E-state index contributed by atoms with van der Waals surface area (Å²) in [5.74, 6) is 0. The molecule has 21 heavy (non-hydrogen) atoms. The summed E-state index contributed by atoms with van der Waals surface area (Å²) in [4.78, 5) is 1.11. The lowest BCUT2D eigenvalue weighted by Crippen LogP contribution is -2.14. The molecule has 0 bridgehead atoms. The monoisotopic (exact) mass is 323 g/mol. The molecule has 7 heteroatoms. The van der Waals surface area contributed by atoms with Gasteiger partial charge in [-0.2, -0.15) is 0 Å². The summed E-state index contributed by atoms with van der Waals surface area (Å²) in [6.45, 7) is 4.00. The molecule has 0 radical (unpaired) electrons. The van der Waals surface area contributed by atoms with Crippen molar-refractivity contribution in [2.24, 2.45) is 0 Å². The van der Waals surface area contributed by atoms with Gasteiger partial charge in [0.25, 0.3) is 0 Å². The molecule has 0 spiro atoms. The molecule has 0 aliphatic heterocycles. The topological polar surface area (TPSA) is 55.6 Å². The fraction of sp³-hybridized carbons (Fsp3) is 0.500. The Morgan fingerprint density at radius 2 is 2.29 bits per heavy atom. The van der Waals surface area contributed by atoms with Crippen molar-refractivity contribution in [1.29, 1.82) is 0 Å². The lowest BCUT2D eigenvalue weighted by molar-refractivity contribution is 0.565. The van der Waals surface area contributed by atoms with Crippen LogP contribution >= 0.6 is 23.4 Å². The molecule has 1 N–H and O–H groups in total. The van der Waals surface area contributed by atoms with E-state index in [4.69, 9.17) is 11.6 Å². The minimum Gasteiger partial charge on any atom is -0.313 e. The van der Waals surface area contributed by atoms with Crippen LogP contribution < -0.4 is 5.32 Å². The van der Waals surface area contributed by atoms with Gasteiger partial charge in [-0.3, -0.25) is 0 Å². The Bertz CT molecular complexity index is 611. The maximum atomic E-state index is 6.14. The summed E-state index contributed by atoms with van der Waals surface area (Å²) >= 11 is 7.73. The van der Waals surface area contributed by atoms with Crippen LogP contribution in [0.3, 0.4) is 0 Å². The normalized spacial score (nSPS) is 14.6. The van der Waals surface area contributed by atoms with Crippen LogP contribution in [0, 0.1) is 0 Å². The van der Waals surface area contributed by atoms with Crippen molar-refractivity contribution in [3.05, 3.63) is 28.8 Å². The molecular weight excluding hydrogens is 306 g/mol. The molecule has 1 aromatic heterocycles. The second kappa shape index (κ2) is 6.77. The van der Waals surface area contributed by atoms with Crippen LogP contribution in [0.25, 0.3) is 0 Å². The van der Waals surface area contributed by atoms with Gasteiger partial charge in [-0.15, -0.1) is 5.10 Å². The highest BCUT2D eigenvalue weighted by Gasteiger charge is 2.28. The van der Waals surface area contributed by atoms with Crippen LogP contribution in [0.1, 0.15) is 37.8 Å². The molecule has 1 saturated carbocycles. The third kappa shape index (κ3) is 3.75. The molecule has 0 amide bonds. The van der Waals surface area contributed by atoms with Gasteiger partial charge in [-0.05, 0) is 65.7 Å². The van der Waals surface area contributed by atoms with Crippen molar-refractivity contribution in [2.45, 2.75) is 48.8 Å². The summed E-state index contributed by atoms with van der Waals surface area (Å²) < 4.78 is 1.93. The SMILES string of the molecule is CCCNCc1ccc(Cl)cc1Sc1nnnn1C1CC1. The Balaban J connectivity index is 1.79. The van der Waals surface area contributed by atoms with E-state index in [-0.39, 0.29) is 0 Å². The number of rotatable bonds is 7. The van der Waals surface area contributed by atoms with Gasteiger partial charge in [-0.25, -0.2) is 4.68 Å². The molecule has 1 aliphatic carbocycles. The highest BCUT2D eigenvalue weighted by molar-refractivity contribution is 7.99. The van der Waals surface area contributed by atoms with Crippen LogP contribution in [0.4, 0.5) is 0 Å². The predicted octanol–water partition coefficient (Wildman–Crippen LogP) is 3.31. The van der Waals surface area contributed by atoms with Crippen LogP contribution in [-0.4, -0.2) is 26.8 Å². The third-order valence-corrected chi connectivity index (χ3v) is 4.61. The summed E-state index contributed by atoms with van der Waals surface area (Å²) in [5.41, 5.74) is 1.23. The lowest BCUT2D eigenvalue weighted by atomic mass is 10.2. The molecule has 5 nitrogen and oxygen atoms in total. The number of nitrogens with zero attached hydrogens (tertiary/aromatic N) is 4. The second-order valence-corrected chi connectivity index (χ2v) is 6.61. The maximum Gasteiger partial charge on any atom is 0.214 e. The molecule has 1 aromatic carbocycles. The van der Waals surface area contributed by atoms with E-state index in [0.29, 0.717) is 6.04 Å². The van der Waals surface area contributed by atoms with E-state index >= 15 is 0 Å². The molecular formula is C14H18ClN5S. The lowest BCUT2D eigenvalue weighted by Gasteiger charge is -2.10. The standard InChI is InChI=1S/C14H18ClN5S/c1-2-7-16-9-10-3-4-11(15)8-13(10)21-14-17-18-19-20(14)12-5-6-12/h3-4,8,12,16H,2,5-7,9H2,1H3. The summed E-state index contributed by atoms with van der Waals surface area (Å²) in [6.07, 6.45) is 3.45. The van der Waals surface area contributed by atoms with Gasteiger partial charge in [0.1, 0.15) is 0 Å². The van der Waals surface area contributed by atoms with Gasteiger partial charge in [0, 0.05) is 16.5 Å². The van der Waals surface area contributed by atoms with Gasteiger partial charge in [0.05, 0.1) is 6.04 Å². The zero-order chi connectivity index (χ0) is 14.7. The van der Waals surface area contributed by atoms with Gasteiger partial charge in [-0.1, -0.05) is 24.6 Å². The van der Waals surface area contributed by atoms with E-state index < -0.39 is 0 Å². The smallest absolute Gasteiger partial charge is 0.214 e. The zero-order valence-electron chi connectivity index (χ0n) is 11.9. The van der Waals surface area contributed by atoms with E-state index in [1.807, 2.05) is 16.8 Å². The average Bonchev–Trinajstić information content (AvgIpc) is 3.22. The van der Waals surface area contributed by atoms with E-state index in [1.54, 1.807) is 11.8 Å². The number of tetrazole rings is 1. The molecule has 0 atom stereocenters. The minimum absolute atomic E-state index is 0.475. The number of benzene rings is 1. The molecule has 1 heterocycles. The van der Waals surface area contributed by atoms with Crippen LogP contribution in [-0.2, 0) is 6.54 Å². The van der Waals surface area contributed by atoms with Crippen molar-refractivity contribution in [3.8, 4) is 0 Å². The maximum absolute atomic E-state index is 6.14. The Labute approximate surface area is 133 Å². The number of hydrogen-bond donors (Lipinski definition) is 1. The number of hydrogen-bond acceptors (Lipinski definition) is 5. The summed E-state index contributed by atoms with van der Waals surface area (Å²) in [5, 5.41) is 17.0. The van der Waals surface area contributed by atoms with E-state index in [2.05, 4.69) is 33.8 Å². The molecule has 2 aromatic rings. The van der Waals surface area contributed by atoms with Gasteiger partial charge < -0.3 is 5.32 Å². The third-order valence-electron chi connectivity index (χ3n) is 3.33. The highest BCUT2D eigenvalue weighted by atomic mass is 35.5. The second-order valence-electron chi connectivity index (χ2n) is 5.17. The minimum atomic E-state index is 0.475. The van der Waals surface area contributed by atoms with Crippen LogP contribution in [0.5, 0.6) is 0 Å².